The molecule has 1 aliphatic rings. The summed E-state index contributed by atoms with van der Waals surface area (Å²) in [7, 11) is 0. The molecule has 29 heavy (non-hydrogen) atoms. The Morgan fingerprint density at radius 2 is 1.93 bits per heavy atom. The summed E-state index contributed by atoms with van der Waals surface area (Å²) < 4.78 is 5.26. The van der Waals surface area contributed by atoms with E-state index < -0.39 is 0 Å². The third-order valence-electron chi connectivity index (χ3n) is 4.90. The first-order chi connectivity index (χ1) is 14.2. The average molecular weight is 392 g/mol. The van der Waals surface area contributed by atoms with E-state index in [1.807, 2.05) is 36.4 Å². The molecule has 1 aliphatic heterocycles. The van der Waals surface area contributed by atoms with Crippen LogP contribution in [0.25, 0.3) is 11.3 Å². The maximum absolute atomic E-state index is 12.7. The maximum atomic E-state index is 12.7. The van der Waals surface area contributed by atoms with Crippen molar-refractivity contribution in [1.82, 2.24) is 20.4 Å². The van der Waals surface area contributed by atoms with Crippen molar-refractivity contribution >= 4 is 17.7 Å². The molecule has 0 saturated carbocycles. The summed E-state index contributed by atoms with van der Waals surface area (Å²) in [6.45, 7) is 4.75. The lowest BCUT2D eigenvalue weighted by Gasteiger charge is -2.16. The normalized spacial score (nSPS) is 13.5. The van der Waals surface area contributed by atoms with E-state index in [4.69, 9.17) is 4.52 Å². The summed E-state index contributed by atoms with van der Waals surface area (Å²) in [5.41, 5.74) is 1.86. The Hall–Kier alpha value is -3.42. The molecular formula is C21H24N6O2. The third-order valence-corrected chi connectivity index (χ3v) is 4.90. The number of nitrogens with zero attached hydrogens (tertiary/aromatic N) is 4. The molecule has 4 rings (SSSR count). The molecule has 0 atom stereocenters. The molecule has 0 spiro atoms. The van der Waals surface area contributed by atoms with Crippen LogP contribution in [-0.4, -0.2) is 47.2 Å². The van der Waals surface area contributed by atoms with Gasteiger partial charge in [-0.1, -0.05) is 35.5 Å². The molecule has 8 nitrogen and oxygen atoms in total. The lowest BCUT2D eigenvalue weighted by molar-refractivity contribution is 0.0954. The molecule has 0 aliphatic carbocycles. The fraction of sp³-hybridized carbons (Fsp3) is 0.333. The van der Waals surface area contributed by atoms with Gasteiger partial charge < -0.3 is 20.1 Å². The number of carbonyl (C=O) groups excluding carboxylic acids is 1. The fourth-order valence-corrected chi connectivity index (χ4v) is 3.43. The number of aromatic nitrogens is 3. The molecule has 2 aromatic heterocycles. The zero-order chi connectivity index (χ0) is 20.1. The van der Waals surface area contributed by atoms with Crippen LogP contribution in [0.4, 0.5) is 11.8 Å². The van der Waals surface area contributed by atoms with Gasteiger partial charge in [0.25, 0.3) is 5.91 Å². The van der Waals surface area contributed by atoms with Crippen LogP contribution in [0.5, 0.6) is 0 Å². The van der Waals surface area contributed by atoms with Crippen LogP contribution in [0.1, 0.15) is 29.0 Å². The van der Waals surface area contributed by atoms with E-state index in [9.17, 15) is 4.79 Å². The average Bonchev–Trinajstić information content (AvgIpc) is 3.42. The first-order valence-electron chi connectivity index (χ1n) is 9.84. The van der Waals surface area contributed by atoms with Crippen molar-refractivity contribution in [1.29, 1.82) is 0 Å². The fourth-order valence-electron chi connectivity index (χ4n) is 3.43. The second-order valence-electron chi connectivity index (χ2n) is 6.94. The number of benzene rings is 1. The molecule has 1 aromatic carbocycles. The highest BCUT2D eigenvalue weighted by atomic mass is 16.5. The minimum atomic E-state index is -0.212. The van der Waals surface area contributed by atoms with Gasteiger partial charge in [0.1, 0.15) is 22.8 Å². The summed E-state index contributed by atoms with van der Waals surface area (Å²) in [6.07, 6.45) is 4.16. The number of amides is 1. The van der Waals surface area contributed by atoms with Gasteiger partial charge in [-0.3, -0.25) is 4.79 Å². The van der Waals surface area contributed by atoms with Crippen molar-refractivity contribution in [2.75, 3.05) is 36.4 Å². The van der Waals surface area contributed by atoms with Crippen molar-refractivity contribution in [3.05, 3.63) is 53.9 Å². The topological polar surface area (TPSA) is 96.2 Å². The van der Waals surface area contributed by atoms with Gasteiger partial charge in [-0.25, -0.2) is 4.98 Å². The van der Waals surface area contributed by atoms with Crippen LogP contribution in [0.15, 0.2) is 47.1 Å². The summed E-state index contributed by atoms with van der Waals surface area (Å²) in [5, 5.41) is 10.1. The van der Waals surface area contributed by atoms with Gasteiger partial charge in [0.15, 0.2) is 0 Å². The second-order valence-corrected chi connectivity index (χ2v) is 6.94. The zero-order valence-corrected chi connectivity index (χ0v) is 16.4. The van der Waals surface area contributed by atoms with Crippen LogP contribution in [0.3, 0.4) is 0 Å². The van der Waals surface area contributed by atoms with Gasteiger partial charge in [-0.05, 0) is 25.8 Å². The number of aryl methyl sites for hydroxylation is 1. The number of hydrogen-bond acceptors (Lipinski definition) is 7. The Morgan fingerprint density at radius 3 is 2.72 bits per heavy atom. The summed E-state index contributed by atoms with van der Waals surface area (Å²) >= 11 is 0. The van der Waals surface area contributed by atoms with E-state index in [1.54, 1.807) is 13.1 Å². The quantitative estimate of drug-likeness (QED) is 0.597. The Labute approximate surface area is 169 Å². The SMILES string of the molecule is Cc1onc(-c2ccccc2)c1C(=O)NCCNc1nccc(N2CCCC2)n1. The number of anilines is 2. The molecule has 150 valence electrons. The zero-order valence-electron chi connectivity index (χ0n) is 16.4. The van der Waals surface area contributed by atoms with Crippen molar-refractivity contribution in [3.63, 3.8) is 0 Å². The van der Waals surface area contributed by atoms with E-state index in [1.165, 1.54) is 12.8 Å². The predicted molar refractivity (Wildman–Crippen MR) is 111 cm³/mol. The van der Waals surface area contributed by atoms with Gasteiger partial charge in [0.05, 0.1) is 0 Å². The summed E-state index contributed by atoms with van der Waals surface area (Å²) in [4.78, 5) is 23.8. The summed E-state index contributed by atoms with van der Waals surface area (Å²) in [5.74, 6) is 1.79. The van der Waals surface area contributed by atoms with Gasteiger partial charge >= 0.3 is 0 Å². The Balaban J connectivity index is 1.33. The van der Waals surface area contributed by atoms with Crippen LogP contribution in [0.2, 0.25) is 0 Å². The molecule has 1 fully saturated rings. The van der Waals surface area contributed by atoms with Crippen molar-refractivity contribution in [3.8, 4) is 11.3 Å². The lowest BCUT2D eigenvalue weighted by Crippen LogP contribution is -2.29. The molecule has 0 bridgehead atoms. The predicted octanol–water partition coefficient (Wildman–Crippen LogP) is 2.88. The first kappa shape index (κ1) is 18.9. The Morgan fingerprint density at radius 1 is 1.14 bits per heavy atom. The maximum Gasteiger partial charge on any atom is 0.257 e. The standard InChI is InChI=1S/C21H24N6O2/c1-15-18(19(26-29-15)16-7-3-2-4-8-16)20(28)22-11-12-24-21-23-10-9-17(25-21)27-13-5-6-14-27/h2-4,7-10H,5-6,11-14H2,1H3,(H,22,28)(H,23,24,25). The molecule has 8 heteroatoms. The molecule has 2 N–H and O–H groups in total. The van der Waals surface area contributed by atoms with E-state index in [2.05, 4.69) is 30.7 Å². The summed E-state index contributed by atoms with van der Waals surface area (Å²) in [6, 6.07) is 11.5. The van der Waals surface area contributed by atoms with Crippen LogP contribution in [-0.2, 0) is 0 Å². The van der Waals surface area contributed by atoms with Crippen LogP contribution < -0.4 is 15.5 Å². The van der Waals surface area contributed by atoms with Crippen molar-refractivity contribution in [2.24, 2.45) is 0 Å². The van der Waals surface area contributed by atoms with Gasteiger partial charge in [-0.15, -0.1) is 0 Å². The van der Waals surface area contributed by atoms with E-state index in [-0.39, 0.29) is 5.91 Å². The molecule has 1 amide bonds. The molecule has 3 aromatic rings. The highest BCUT2D eigenvalue weighted by molar-refractivity contribution is 6.00. The first-order valence-corrected chi connectivity index (χ1v) is 9.84. The second kappa shape index (κ2) is 8.72. The minimum Gasteiger partial charge on any atom is -0.360 e. The van der Waals surface area contributed by atoms with E-state index in [0.717, 1.165) is 24.5 Å². The van der Waals surface area contributed by atoms with Gasteiger partial charge in [-0.2, -0.15) is 4.98 Å². The number of rotatable bonds is 7. The van der Waals surface area contributed by atoms with Gasteiger partial charge in [0.2, 0.25) is 5.95 Å². The third kappa shape index (κ3) is 4.37. The van der Waals surface area contributed by atoms with E-state index in [0.29, 0.717) is 36.1 Å². The number of hydrogen-bond donors (Lipinski definition) is 2. The molecule has 1 saturated heterocycles. The Bertz CT molecular complexity index is 966. The Kier molecular flexibility index (Phi) is 5.69. The van der Waals surface area contributed by atoms with Gasteiger partial charge in [0, 0.05) is 37.9 Å². The monoisotopic (exact) mass is 392 g/mol. The smallest absolute Gasteiger partial charge is 0.257 e. The largest absolute Gasteiger partial charge is 0.360 e. The highest BCUT2D eigenvalue weighted by Gasteiger charge is 2.21. The van der Waals surface area contributed by atoms with Crippen molar-refractivity contribution < 1.29 is 9.32 Å². The van der Waals surface area contributed by atoms with Crippen LogP contribution in [0, 0.1) is 6.92 Å². The minimum absolute atomic E-state index is 0.212. The molecule has 3 heterocycles. The van der Waals surface area contributed by atoms with E-state index >= 15 is 0 Å². The molecule has 0 radical (unpaired) electrons. The number of nitrogens with one attached hydrogen (secondary N) is 2. The number of carbonyl (C=O) groups is 1. The highest BCUT2D eigenvalue weighted by Crippen LogP contribution is 2.24. The lowest BCUT2D eigenvalue weighted by atomic mass is 10.1. The molecule has 0 unspecified atom stereocenters. The van der Waals surface area contributed by atoms with Crippen molar-refractivity contribution in [2.45, 2.75) is 19.8 Å². The van der Waals surface area contributed by atoms with Crippen LogP contribution >= 0.6 is 0 Å². The molecular weight excluding hydrogens is 368 g/mol.